The minimum atomic E-state index is -4.65. The summed E-state index contributed by atoms with van der Waals surface area (Å²) >= 11 is 3.65. The molecule has 1 aliphatic heterocycles. The minimum absolute atomic E-state index is 0.0355. The van der Waals surface area contributed by atoms with Crippen molar-refractivity contribution in [3.05, 3.63) is 93.4 Å². The van der Waals surface area contributed by atoms with Crippen LogP contribution in [0.4, 0.5) is 18.9 Å². The molecule has 0 saturated heterocycles. The molecule has 3 aromatic heterocycles. The molecule has 0 fully saturated rings. The van der Waals surface area contributed by atoms with E-state index >= 15 is 0 Å². The minimum Gasteiger partial charge on any atom is -0.333 e. The zero-order valence-electron chi connectivity index (χ0n) is 22.6. The molecule has 6 rings (SSSR count). The van der Waals surface area contributed by atoms with Gasteiger partial charge in [0.15, 0.2) is 5.69 Å². The van der Waals surface area contributed by atoms with Gasteiger partial charge in [0.05, 0.1) is 17.5 Å². The second-order valence-electron chi connectivity index (χ2n) is 10.3. The topological polar surface area (TPSA) is 68.8 Å². The quantitative estimate of drug-likeness (QED) is 0.218. The number of halogens is 4. The second kappa shape index (κ2) is 10.1. The Morgan fingerprint density at radius 2 is 1.83 bits per heavy atom. The van der Waals surface area contributed by atoms with E-state index in [-0.39, 0.29) is 11.5 Å². The lowest BCUT2D eigenvalue weighted by molar-refractivity contribution is -0.140. The Balaban J connectivity index is 1.54. The number of pyridine rings is 1. The summed E-state index contributed by atoms with van der Waals surface area (Å²) in [7, 11) is 1.47. The summed E-state index contributed by atoms with van der Waals surface area (Å²) in [6.45, 7) is 4.61. The number of fused-ring (bicyclic) bond motifs is 2. The molecule has 0 radical (unpaired) electrons. The molecule has 5 aromatic rings. The van der Waals surface area contributed by atoms with E-state index in [1.54, 1.807) is 35.8 Å². The number of imidazole rings is 1. The molecule has 2 aromatic carbocycles. The first-order valence-electron chi connectivity index (χ1n) is 13.2. The maximum Gasteiger partial charge on any atom is 0.435 e. The summed E-state index contributed by atoms with van der Waals surface area (Å²) in [5.41, 5.74) is 4.38. The molecule has 0 atom stereocenters. The summed E-state index contributed by atoms with van der Waals surface area (Å²) in [4.78, 5) is 24.8. The van der Waals surface area contributed by atoms with Crippen molar-refractivity contribution in [2.24, 2.45) is 7.05 Å². The highest BCUT2D eigenvalue weighted by Gasteiger charge is 2.39. The third kappa shape index (κ3) is 4.92. The van der Waals surface area contributed by atoms with Crippen LogP contribution in [0.5, 0.6) is 0 Å². The van der Waals surface area contributed by atoms with Crippen molar-refractivity contribution in [2.75, 3.05) is 11.4 Å². The smallest absolute Gasteiger partial charge is 0.333 e. The number of benzene rings is 2. The molecule has 0 aliphatic carbocycles. The van der Waals surface area contributed by atoms with Crippen molar-refractivity contribution >= 4 is 38.4 Å². The van der Waals surface area contributed by atoms with Crippen LogP contribution in [-0.2, 0) is 32.6 Å². The molecule has 41 heavy (non-hydrogen) atoms. The summed E-state index contributed by atoms with van der Waals surface area (Å²) in [5, 5.41) is 4.58. The van der Waals surface area contributed by atoms with E-state index in [0.717, 1.165) is 38.7 Å². The Kier molecular flexibility index (Phi) is 6.72. The molecule has 0 N–H and O–H groups in total. The highest BCUT2D eigenvalue weighted by Crippen LogP contribution is 2.41. The van der Waals surface area contributed by atoms with Gasteiger partial charge in [0.2, 0.25) is 0 Å². The first-order chi connectivity index (χ1) is 19.5. The van der Waals surface area contributed by atoms with Gasteiger partial charge in [-0.05, 0) is 88.3 Å². The van der Waals surface area contributed by atoms with Crippen LogP contribution in [0.3, 0.4) is 0 Å². The third-order valence-corrected chi connectivity index (χ3v) is 8.02. The van der Waals surface area contributed by atoms with Crippen molar-refractivity contribution < 1.29 is 18.0 Å². The molecule has 11 heteroatoms. The van der Waals surface area contributed by atoms with Gasteiger partial charge in [0, 0.05) is 65.4 Å². The van der Waals surface area contributed by atoms with Crippen LogP contribution in [-0.4, -0.2) is 36.8 Å². The Hall–Kier alpha value is -3.99. The Labute approximate surface area is 242 Å². The van der Waals surface area contributed by atoms with E-state index in [1.807, 2.05) is 23.6 Å². The highest BCUT2D eigenvalue weighted by atomic mass is 79.9. The van der Waals surface area contributed by atoms with E-state index in [9.17, 15) is 18.0 Å². The number of hydrogen-bond donors (Lipinski definition) is 0. The number of aryl methyl sites for hydroxylation is 3. The number of nitrogens with zero attached hydrogens (tertiary/aromatic N) is 6. The SMILES string of the molecule is CCc1cc(Br)c2nc(C)cc(N3CCc4c(cc(Cn5ccnc5)cc4-c4cn(C)nc4C(F)(F)F)C3=O)c2c1. The number of alkyl halides is 3. The first-order valence-corrected chi connectivity index (χ1v) is 14.0. The molecule has 0 unspecified atom stereocenters. The molecule has 4 heterocycles. The fourth-order valence-corrected chi connectivity index (χ4v) is 6.18. The van der Waals surface area contributed by atoms with Crippen LogP contribution in [0.2, 0.25) is 0 Å². The van der Waals surface area contributed by atoms with Crippen LogP contribution in [0.15, 0.2) is 59.7 Å². The number of aromatic nitrogens is 5. The Morgan fingerprint density at radius 3 is 2.54 bits per heavy atom. The number of amides is 1. The number of hydrogen-bond acceptors (Lipinski definition) is 4. The normalized spacial score (nSPS) is 13.7. The van der Waals surface area contributed by atoms with Gasteiger partial charge in [-0.3, -0.25) is 14.5 Å². The molecule has 210 valence electrons. The van der Waals surface area contributed by atoms with E-state index in [2.05, 4.69) is 39.0 Å². The van der Waals surface area contributed by atoms with Crippen LogP contribution in [0, 0.1) is 6.92 Å². The Morgan fingerprint density at radius 1 is 1.05 bits per heavy atom. The van der Waals surface area contributed by atoms with Crippen LogP contribution >= 0.6 is 15.9 Å². The second-order valence-corrected chi connectivity index (χ2v) is 11.1. The lowest BCUT2D eigenvalue weighted by Gasteiger charge is -2.31. The third-order valence-electron chi connectivity index (χ3n) is 7.41. The van der Waals surface area contributed by atoms with Crippen molar-refractivity contribution in [3.63, 3.8) is 0 Å². The summed E-state index contributed by atoms with van der Waals surface area (Å²) in [6.07, 6.45) is 2.96. The summed E-state index contributed by atoms with van der Waals surface area (Å²) in [5.74, 6) is -0.262. The highest BCUT2D eigenvalue weighted by molar-refractivity contribution is 9.10. The zero-order valence-corrected chi connectivity index (χ0v) is 24.2. The van der Waals surface area contributed by atoms with Gasteiger partial charge in [0.1, 0.15) is 0 Å². The van der Waals surface area contributed by atoms with Crippen LogP contribution < -0.4 is 4.90 Å². The lowest BCUT2D eigenvalue weighted by atomic mass is 9.87. The van der Waals surface area contributed by atoms with Gasteiger partial charge in [-0.2, -0.15) is 18.3 Å². The molecule has 0 spiro atoms. The molecule has 1 amide bonds. The average molecular weight is 623 g/mol. The predicted octanol–water partition coefficient (Wildman–Crippen LogP) is 6.74. The lowest BCUT2D eigenvalue weighted by Crippen LogP contribution is -2.38. The molecular formula is C30H26BrF3N6O. The van der Waals surface area contributed by atoms with Gasteiger partial charge in [0.25, 0.3) is 5.91 Å². The number of rotatable bonds is 5. The van der Waals surface area contributed by atoms with Crippen molar-refractivity contribution in [3.8, 4) is 11.1 Å². The number of anilines is 1. The van der Waals surface area contributed by atoms with Gasteiger partial charge in [-0.15, -0.1) is 0 Å². The first kappa shape index (κ1) is 27.2. The maximum atomic E-state index is 14.3. The van der Waals surface area contributed by atoms with Crippen molar-refractivity contribution in [2.45, 2.75) is 39.4 Å². The van der Waals surface area contributed by atoms with Gasteiger partial charge in [-0.1, -0.05) is 6.92 Å². The molecule has 0 saturated carbocycles. The zero-order chi connectivity index (χ0) is 29.1. The molecular weight excluding hydrogens is 597 g/mol. The van der Waals surface area contributed by atoms with E-state index in [4.69, 9.17) is 4.98 Å². The molecule has 1 aliphatic rings. The van der Waals surface area contributed by atoms with Crippen molar-refractivity contribution in [1.82, 2.24) is 24.3 Å². The molecule has 0 bridgehead atoms. The molecule has 7 nitrogen and oxygen atoms in total. The van der Waals surface area contributed by atoms with Crippen LogP contribution in [0.1, 0.15) is 45.4 Å². The van der Waals surface area contributed by atoms with E-state index in [1.165, 1.54) is 17.9 Å². The largest absolute Gasteiger partial charge is 0.435 e. The maximum absolute atomic E-state index is 14.3. The van der Waals surface area contributed by atoms with Crippen molar-refractivity contribution in [1.29, 1.82) is 0 Å². The van der Waals surface area contributed by atoms with Gasteiger partial charge in [-0.25, -0.2) is 4.98 Å². The fourth-order valence-electron chi connectivity index (χ4n) is 5.59. The standard InChI is InChI=1S/C30H26BrF3N6O/c1-4-18-10-23-26(9-17(2)36-27(23)25(31)13-18)40-7-5-20-21(24-15-38(3)37-28(24)30(32,33)34)11-19(12-22(20)29(40)41)14-39-8-6-35-16-39/h6,8-13,15-16H,4-5,7,14H2,1-3H3. The monoisotopic (exact) mass is 622 g/mol. The summed E-state index contributed by atoms with van der Waals surface area (Å²) < 4.78 is 46.0. The summed E-state index contributed by atoms with van der Waals surface area (Å²) in [6, 6.07) is 9.52. The predicted molar refractivity (Wildman–Crippen MR) is 154 cm³/mol. The van der Waals surface area contributed by atoms with E-state index in [0.29, 0.717) is 41.8 Å². The van der Waals surface area contributed by atoms with Gasteiger partial charge < -0.3 is 9.47 Å². The number of carbonyl (C=O) groups excluding carboxylic acids is 1. The van der Waals surface area contributed by atoms with Gasteiger partial charge >= 0.3 is 6.18 Å². The average Bonchev–Trinajstić information content (AvgIpc) is 3.58. The Bertz CT molecular complexity index is 1810. The van der Waals surface area contributed by atoms with E-state index < -0.39 is 11.9 Å². The number of carbonyl (C=O) groups is 1. The van der Waals surface area contributed by atoms with Crippen LogP contribution in [0.25, 0.3) is 22.0 Å². The fraction of sp³-hybridized carbons (Fsp3) is 0.267.